The highest BCUT2D eigenvalue weighted by Crippen LogP contribution is 2.49. The number of carbonyl (C=O) groups is 7. The predicted octanol–water partition coefficient (Wildman–Crippen LogP) is 21.8. The summed E-state index contributed by atoms with van der Waals surface area (Å²) in [6.07, 6.45) is -2.51. The minimum absolute atomic E-state index is 0.0161. The molecule has 0 unspecified atom stereocenters. The normalized spacial score (nSPS) is 17.7. The Kier molecular flexibility index (Phi) is 31.6. The molecule has 0 aromatic heterocycles. The molecule has 0 aliphatic carbocycles. The number of benzene rings is 13. The van der Waals surface area contributed by atoms with Gasteiger partial charge in [-0.3, -0.25) is 29.2 Å². The number of phenolic OH excluding ortho intramolecular Hbond substituents is 2. The molecule has 17 rings (SSSR count). The van der Waals surface area contributed by atoms with E-state index in [1.54, 1.807) is 128 Å². The number of halogens is 3. The topological polar surface area (TPSA) is 295 Å². The number of aliphatic hydroxyl groups excluding tert-OH is 1. The number of ether oxygens (including phenoxy) is 11. The van der Waals surface area contributed by atoms with Crippen LogP contribution >= 0.6 is 0 Å². The third kappa shape index (κ3) is 23.2. The molecular formula is C107H95F3N4O21. The number of aromatic hydroxyl groups is 2. The average molecular weight is 1830 g/mol. The van der Waals surface area contributed by atoms with Crippen LogP contribution in [0.25, 0.3) is 0 Å². The van der Waals surface area contributed by atoms with Gasteiger partial charge in [-0.05, 0) is 206 Å². The van der Waals surface area contributed by atoms with Crippen LogP contribution in [0.15, 0.2) is 340 Å². The van der Waals surface area contributed by atoms with Crippen LogP contribution in [0.1, 0.15) is 116 Å². The Balaban J connectivity index is 0.000000145. The number of para-hydroxylation sites is 4. The predicted molar refractivity (Wildman–Crippen MR) is 497 cm³/mol. The van der Waals surface area contributed by atoms with Gasteiger partial charge in [0.1, 0.15) is 119 Å². The molecule has 4 aliphatic heterocycles. The molecule has 0 spiro atoms. The lowest BCUT2D eigenvalue weighted by Crippen LogP contribution is -2.33. The summed E-state index contributed by atoms with van der Waals surface area (Å²) in [6, 6.07) is 89.7. The molecule has 3 N–H and O–H groups in total. The molecule has 4 fully saturated rings. The number of ketones is 2. The summed E-state index contributed by atoms with van der Waals surface area (Å²) >= 11 is 0. The number of rotatable bonds is 30. The maximum absolute atomic E-state index is 13.3. The number of nitrogens with zero attached hydrogens (tertiary/aromatic N) is 4. The zero-order valence-electron chi connectivity index (χ0n) is 73.9. The Morgan fingerprint density at radius 3 is 1.14 bits per heavy atom. The van der Waals surface area contributed by atoms with Crippen molar-refractivity contribution in [3.05, 3.63) is 407 Å². The number of anilines is 4. The van der Waals surface area contributed by atoms with Gasteiger partial charge in [0.25, 0.3) is 0 Å². The second-order valence-electron chi connectivity index (χ2n) is 31.2. The summed E-state index contributed by atoms with van der Waals surface area (Å²) in [5.41, 5.74) is 8.03. The van der Waals surface area contributed by atoms with E-state index in [1.807, 2.05) is 140 Å². The molecule has 135 heavy (non-hydrogen) atoms. The van der Waals surface area contributed by atoms with Crippen LogP contribution in [0.2, 0.25) is 0 Å². The summed E-state index contributed by atoms with van der Waals surface area (Å²) in [5.74, 6) is 0.706. The highest BCUT2D eigenvalue weighted by atomic mass is 19.1. The van der Waals surface area contributed by atoms with Crippen LogP contribution in [-0.2, 0) is 41.7 Å². The van der Waals surface area contributed by atoms with Gasteiger partial charge in [-0.2, -0.15) is 0 Å². The Bertz CT molecular complexity index is 6260. The number of amides is 4. The standard InChI is InChI=1S/C32H26FNO5.C25H24FNO5.C25H22FNO5.C25H23NO6/c1-37-26-16-17-27(30(20-26)38-21-22-8-4-2-5-9-22)31-29(19-18-28(35)23-12-14-24(33)15-13-23)39-32(36)34(31)25-10-6-3-7-11-25;2*1-31-19-11-12-20(22(29)15-19)24-23(14-13-21(28)16-7-9-17(26)10-8-16)32-25(30)27(24)18-5-3-2-4-6-18;1-29-19-13-14-20(21(15-19)31-16-17-9-5-3-6-10-17)22-23(24(27)30-2)32-25(28)26(22)18-11-7-4-8-12-18/h2-20,29,31H,21H2,1H3;2-12,15,21,23-24,28-29H,13-14H2,1H3;2-12,15,23-24,29H,13-14H2,1H3;3-15,22-23H,16H2,1-2H3/b19-18+;;;/t29-,31-;21-,23+,24+;23-,24-;22-,23+/m1011/s1. The van der Waals surface area contributed by atoms with Crippen LogP contribution in [-0.4, -0.2) is 117 Å². The molecule has 0 radical (unpaired) electrons. The van der Waals surface area contributed by atoms with Crippen molar-refractivity contribution in [3.63, 3.8) is 0 Å². The molecule has 9 atom stereocenters. The van der Waals surface area contributed by atoms with Crippen LogP contribution in [0.5, 0.6) is 46.0 Å². The molecule has 4 saturated heterocycles. The van der Waals surface area contributed by atoms with E-state index in [2.05, 4.69) is 0 Å². The van der Waals surface area contributed by atoms with E-state index in [4.69, 9.17) is 52.1 Å². The molecule has 4 aliphatic rings. The van der Waals surface area contributed by atoms with Gasteiger partial charge in [-0.15, -0.1) is 0 Å². The molecule has 4 heterocycles. The molecule has 28 heteroatoms. The summed E-state index contributed by atoms with van der Waals surface area (Å²) < 4.78 is 101. The second kappa shape index (κ2) is 45.0. The number of Topliss-reactive ketones (excluding diaryl/α,β-unsaturated/α-hetero) is 1. The lowest BCUT2D eigenvalue weighted by Gasteiger charge is -2.26. The van der Waals surface area contributed by atoms with Crippen molar-refractivity contribution in [2.24, 2.45) is 0 Å². The Labute approximate surface area is 776 Å². The minimum Gasteiger partial charge on any atom is -0.507 e. The fourth-order valence-electron chi connectivity index (χ4n) is 16.0. The monoisotopic (exact) mass is 1830 g/mol. The molecular weight excluding hydrogens is 1730 g/mol. The van der Waals surface area contributed by atoms with Crippen molar-refractivity contribution >= 4 is 64.7 Å². The van der Waals surface area contributed by atoms with E-state index >= 15 is 0 Å². The molecule has 13 aromatic rings. The van der Waals surface area contributed by atoms with Gasteiger partial charge < -0.3 is 67.4 Å². The van der Waals surface area contributed by atoms with Gasteiger partial charge in [0, 0.05) is 86.8 Å². The highest BCUT2D eigenvalue weighted by molar-refractivity contribution is 6.05. The summed E-state index contributed by atoms with van der Waals surface area (Å²) in [6.45, 7) is 0.605. The van der Waals surface area contributed by atoms with Crippen molar-refractivity contribution in [3.8, 4) is 46.0 Å². The van der Waals surface area contributed by atoms with Gasteiger partial charge in [0.15, 0.2) is 11.6 Å². The van der Waals surface area contributed by atoms with E-state index in [-0.39, 0.29) is 41.7 Å². The summed E-state index contributed by atoms with van der Waals surface area (Å²) in [4.78, 5) is 95.6. The lowest BCUT2D eigenvalue weighted by atomic mass is 9.94. The van der Waals surface area contributed by atoms with Crippen molar-refractivity contribution in [2.45, 2.75) is 93.6 Å². The maximum atomic E-state index is 13.3. The average Bonchev–Trinajstić information content (AvgIpc) is 1.64. The fourth-order valence-corrected chi connectivity index (χ4v) is 16.0. The number of esters is 1. The summed E-state index contributed by atoms with van der Waals surface area (Å²) in [7, 11) is 7.40. The molecule has 0 saturated carbocycles. The number of carbonyl (C=O) groups excluding carboxylic acids is 7. The molecule has 0 bridgehead atoms. The van der Waals surface area contributed by atoms with E-state index < -0.39 is 96.7 Å². The molecule has 690 valence electrons. The maximum Gasteiger partial charge on any atom is 0.415 e. The number of hydrogen-bond donors (Lipinski definition) is 3. The minimum atomic E-state index is -1.15. The van der Waals surface area contributed by atoms with Gasteiger partial charge in [0.2, 0.25) is 6.10 Å². The van der Waals surface area contributed by atoms with E-state index in [0.29, 0.717) is 122 Å². The van der Waals surface area contributed by atoms with Gasteiger partial charge in [-0.25, -0.2) is 37.1 Å². The SMILES string of the molecule is COC(=O)[C@H]1OC(=O)N(c2ccccc2)[C@@H]1c1ccc(OC)cc1OCc1ccccc1.COc1ccc([C@@H]2[C@@H](/C=C/C(=O)c3ccc(F)cc3)OC(=O)N2c2ccccc2)c(OCc2ccccc2)c1.COc1ccc([C@@H]2[C@@H](CCC(=O)c3ccc(F)cc3)OC(=O)N2c2ccccc2)c(O)c1.COc1ccc([C@@H]2[C@@H](CC[C@H](O)c3ccc(F)cc3)OC(=O)N2c2ccccc2)c(O)c1. The number of allylic oxidation sites excluding steroid dienone is 1. The van der Waals surface area contributed by atoms with Crippen LogP contribution in [0.3, 0.4) is 0 Å². The number of aliphatic hydroxyl groups is 1. The van der Waals surface area contributed by atoms with Crippen LogP contribution in [0, 0.1) is 17.5 Å². The highest BCUT2D eigenvalue weighted by Gasteiger charge is 2.51. The van der Waals surface area contributed by atoms with E-state index in [0.717, 1.165) is 11.1 Å². The quantitative estimate of drug-likeness (QED) is 0.0163. The molecule has 4 amide bonds. The number of hydrogen-bond acceptors (Lipinski definition) is 21. The summed E-state index contributed by atoms with van der Waals surface area (Å²) in [5, 5.41) is 31.9. The third-order valence-corrected chi connectivity index (χ3v) is 22.8. The number of methoxy groups -OCH3 is 5. The van der Waals surface area contributed by atoms with Gasteiger partial charge in [-0.1, -0.05) is 146 Å². The van der Waals surface area contributed by atoms with E-state index in [9.17, 15) is 62.1 Å². The smallest absolute Gasteiger partial charge is 0.415 e. The zero-order chi connectivity index (χ0) is 95.0. The van der Waals surface area contributed by atoms with E-state index in [1.165, 1.54) is 127 Å². The van der Waals surface area contributed by atoms with Crippen molar-refractivity contribution < 1.29 is 114 Å². The van der Waals surface area contributed by atoms with Gasteiger partial charge in [0.05, 0.1) is 41.7 Å². The molecule has 25 nitrogen and oxygen atoms in total. The zero-order valence-corrected chi connectivity index (χ0v) is 73.9. The van der Waals surface area contributed by atoms with Crippen molar-refractivity contribution in [1.29, 1.82) is 0 Å². The second-order valence-corrected chi connectivity index (χ2v) is 31.2. The Morgan fingerprint density at radius 1 is 0.385 bits per heavy atom. The largest absolute Gasteiger partial charge is 0.507 e. The van der Waals surface area contributed by atoms with Crippen LogP contribution < -0.4 is 48.0 Å². The first kappa shape index (κ1) is 94.7. The first-order valence-corrected chi connectivity index (χ1v) is 43.0. The third-order valence-electron chi connectivity index (χ3n) is 22.8. The van der Waals surface area contributed by atoms with Gasteiger partial charge >= 0.3 is 30.3 Å². The van der Waals surface area contributed by atoms with Crippen molar-refractivity contribution in [2.75, 3.05) is 55.1 Å². The Hall–Kier alpha value is -16.4. The number of cyclic esters (lactones) is 4. The Morgan fingerprint density at radius 2 is 0.733 bits per heavy atom. The molecule has 13 aromatic carbocycles. The first-order valence-electron chi connectivity index (χ1n) is 43.0. The fraction of sp³-hybridized carbons (Fsp3) is 0.187. The first-order chi connectivity index (χ1) is 65.6. The van der Waals surface area contributed by atoms with Crippen molar-refractivity contribution in [1.82, 2.24) is 0 Å². The number of phenols is 2. The lowest BCUT2D eigenvalue weighted by molar-refractivity contribution is -0.149. The van der Waals surface area contributed by atoms with Crippen LogP contribution in [0.4, 0.5) is 55.1 Å².